The van der Waals surface area contributed by atoms with Crippen LogP contribution in [-0.4, -0.2) is 36.3 Å². The van der Waals surface area contributed by atoms with Crippen LogP contribution in [0.3, 0.4) is 0 Å². The van der Waals surface area contributed by atoms with Gasteiger partial charge < -0.3 is 20.3 Å². The Morgan fingerprint density at radius 3 is 2.75 bits per heavy atom. The lowest BCUT2D eigenvalue weighted by Crippen LogP contribution is -2.32. The van der Waals surface area contributed by atoms with Gasteiger partial charge in [0.1, 0.15) is 6.10 Å². The molecule has 0 aromatic heterocycles. The summed E-state index contributed by atoms with van der Waals surface area (Å²) in [6.45, 7) is 4.60. The second kappa shape index (κ2) is 3.70. The van der Waals surface area contributed by atoms with Crippen LogP contribution >= 0.6 is 0 Å². The van der Waals surface area contributed by atoms with Crippen LogP contribution in [0.5, 0.6) is 0 Å². The largest absolute Gasteiger partial charge is 0.390 e. The highest BCUT2D eigenvalue weighted by Gasteiger charge is 2.36. The van der Waals surface area contributed by atoms with Gasteiger partial charge in [-0.3, -0.25) is 0 Å². The van der Waals surface area contributed by atoms with Crippen molar-refractivity contribution in [2.24, 2.45) is 5.73 Å². The predicted molar refractivity (Wildman–Crippen MR) is 44.6 cm³/mol. The molecule has 72 valence electrons. The first-order chi connectivity index (χ1) is 5.55. The molecule has 2 unspecified atom stereocenters. The van der Waals surface area contributed by atoms with E-state index in [-0.39, 0.29) is 6.10 Å². The molecule has 1 rings (SSSR count). The van der Waals surface area contributed by atoms with Gasteiger partial charge in [0.05, 0.1) is 12.7 Å². The van der Waals surface area contributed by atoms with Gasteiger partial charge in [-0.05, 0) is 26.8 Å². The fourth-order valence-corrected chi connectivity index (χ4v) is 1.26. The first-order valence-corrected chi connectivity index (χ1v) is 4.25. The zero-order valence-corrected chi connectivity index (χ0v) is 7.62. The van der Waals surface area contributed by atoms with Crippen LogP contribution in [0.2, 0.25) is 0 Å². The normalized spacial score (nSPS) is 30.5. The SMILES string of the molecule is CC1(C)OCC(C(O)CCN)O1. The van der Waals surface area contributed by atoms with E-state index < -0.39 is 11.9 Å². The fraction of sp³-hybridized carbons (Fsp3) is 1.00. The highest BCUT2D eigenvalue weighted by Crippen LogP contribution is 2.24. The van der Waals surface area contributed by atoms with Crippen molar-refractivity contribution in [2.75, 3.05) is 13.2 Å². The van der Waals surface area contributed by atoms with Gasteiger partial charge in [-0.1, -0.05) is 0 Å². The van der Waals surface area contributed by atoms with Crippen LogP contribution in [0.15, 0.2) is 0 Å². The number of rotatable bonds is 3. The monoisotopic (exact) mass is 175 g/mol. The summed E-state index contributed by atoms with van der Waals surface area (Å²) in [7, 11) is 0. The number of nitrogens with two attached hydrogens (primary N) is 1. The van der Waals surface area contributed by atoms with Crippen molar-refractivity contribution in [3.63, 3.8) is 0 Å². The van der Waals surface area contributed by atoms with Gasteiger partial charge in [0.25, 0.3) is 0 Å². The summed E-state index contributed by atoms with van der Waals surface area (Å²) in [4.78, 5) is 0. The molecule has 1 heterocycles. The molecule has 1 aliphatic rings. The Hall–Kier alpha value is -0.160. The maximum absolute atomic E-state index is 9.50. The van der Waals surface area contributed by atoms with Crippen molar-refractivity contribution >= 4 is 0 Å². The van der Waals surface area contributed by atoms with Gasteiger partial charge in [0.2, 0.25) is 0 Å². The van der Waals surface area contributed by atoms with E-state index in [1.54, 1.807) is 0 Å². The van der Waals surface area contributed by atoms with E-state index in [1.807, 2.05) is 13.8 Å². The topological polar surface area (TPSA) is 64.7 Å². The molecule has 0 aliphatic carbocycles. The number of hydrogen-bond donors (Lipinski definition) is 2. The van der Waals surface area contributed by atoms with E-state index in [2.05, 4.69) is 0 Å². The van der Waals surface area contributed by atoms with Gasteiger partial charge in [-0.15, -0.1) is 0 Å². The molecule has 3 N–H and O–H groups in total. The van der Waals surface area contributed by atoms with E-state index in [4.69, 9.17) is 15.2 Å². The summed E-state index contributed by atoms with van der Waals surface area (Å²) in [5, 5.41) is 9.50. The summed E-state index contributed by atoms with van der Waals surface area (Å²) < 4.78 is 10.7. The van der Waals surface area contributed by atoms with Crippen LogP contribution in [0.25, 0.3) is 0 Å². The third kappa shape index (κ3) is 2.42. The van der Waals surface area contributed by atoms with Crippen molar-refractivity contribution in [1.29, 1.82) is 0 Å². The third-order valence-corrected chi connectivity index (χ3v) is 1.92. The van der Waals surface area contributed by atoms with E-state index in [0.717, 1.165) is 0 Å². The van der Waals surface area contributed by atoms with Crippen LogP contribution in [0.1, 0.15) is 20.3 Å². The Balaban J connectivity index is 2.36. The van der Waals surface area contributed by atoms with E-state index >= 15 is 0 Å². The van der Waals surface area contributed by atoms with Gasteiger partial charge in [-0.2, -0.15) is 0 Å². The van der Waals surface area contributed by atoms with Crippen LogP contribution in [0.4, 0.5) is 0 Å². The third-order valence-electron chi connectivity index (χ3n) is 1.92. The lowest BCUT2D eigenvalue weighted by molar-refractivity contribution is -0.151. The molecule has 0 spiro atoms. The van der Waals surface area contributed by atoms with Crippen molar-refractivity contribution in [2.45, 2.75) is 38.3 Å². The summed E-state index contributed by atoms with van der Waals surface area (Å²) in [5.41, 5.74) is 5.31. The molecule has 0 radical (unpaired) electrons. The molecule has 0 aromatic carbocycles. The van der Waals surface area contributed by atoms with Crippen molar-refractivity contribution < 1.29 is 14.6 Å². The highest BCUT2D eigenvalue weighted by atomic mass is 16.7. The van der Waals surface area contributed by atoms with Crippen LogP contribution < -0.4 is 5.73 Å². The van der Waals surface area contributed by atoms with E-state index in [9.17, 15) is 5.11 Å². The molecule has 4 nitrogen and oxygen atoms in total. The second-order valence-corrected chi connectivity index (χ2v) is 3.51. The zero-order valence-electron chi connectivity index (χ0n) is 7.62. The Morgan fingerprint density at radius 2 is 2.33 bits per heavy atom. The zero-order chi connectivity index (χ0) is 9.19. The quantitative estimate of drug-likeness (QED) is 0.626. The van der Waals surface area contributed by atoms with Gasteiger partial charge >= 0.3 is 0 Å². The Bertz CT molecular complexity index is 149. The highest BCUT2D eigenvalue weighted by molar-refractivity contribution is 4.77. The maximum Gasteiger partial charge on any atom is 0.163 e. The smallest absolute Gasteiger partial charge is 0.163 e. The van der Waals surface area contributed by atoms with Gasteiger partial charge in [0, 0.05) is 0 Å². The average Bonchev–Trinajstić information content (AvgIpc) is 2.31. The summed E-state index contributed by atoms with van der Waals surface area (Å²) >= 11 is 0. The Morgan fingerprint density at radius 1 is 1.67 bits per heavy atom. The number of aliphatic hydroxyl groups excluding tert-OH is 1. The van der Waals surface area contributed by atoms with E-state index in [0.29, 0.717) is 19.6 Å². The molecule has 1 fully saturated rings. The number of hydrogen-bond acceptors (Lipinski definition) is 4. The molecule has 0 saturated carbocycles. The minimum atomic E-state index is -0.555. The molecular weight excluding hydrogens is 158 g/mol. The predicted octanol–water partition coefficient (Wildman–Crippen LogP) is -0.152. The minimum absolute atomic E-state index is 0.219. The Labute approximate surface area is 72.6 Å². The summed E-state index contributed by atoms with van der Waals surface area (Å²) in [6, 6.07) is 0. The minimum Gasteiger partial charge on any atom is -0.390 e. The number of ether oxygens (including phenoxy) is 2. The van der Waals surface area contributed by atoms with Crippen LogP contribution in [0, 0.1) is 0 Å². The second-order valence-electron chi connectivity index (χ2n) is 3.51. The van der Waals surface area contributed by atoms with Gasteiger partial charge in [0.15, 0.2) is 5.79 Å². The lowest BCUT2D eigenvalue weighted by Gasteiger charge is -2.19. The van der Waals surface area contributed by atoms with Crippen molar-refractivity contribution in [3.05, 3.63) is 0 Å². The lowest BCUT2D eigenvalue weighted by atomic mass is 10.1. The summed E-state index contributed by atoms with van der Waals surface area (Å²) in [6.07, 6.45) is -0.162. The summed E-state index contributed by atoms with van der Waals surface area (Å²) in [5.74, 6) is -0.555. The number of aliphatic hydroxyl groups is 1. The van der Waals surface area contributed by atoms with Crippen molar-refractivity contribution in [1.82, 2.24) is 0 Å². The standard InChI is InChI=1S/C8H17NO3/c1-8(2)11-5-7(12-8)6(10)3-4-9/h6-7,10H,3-5,9H2,1-2H3. The van der Waals surface area contributed by atoms with Crippen LogP contribution in [-0.2, 0) is 9.47 Å². The molecule has 0 amide bonds. The fourth-order valence-electron chi connectivity index (χ4n) is 1.26. The molecule has 4 heteroatoms. The van der Waals surface area contributed by atoms with Crippen molar-refractivity contribution in [3.8, 4) is 0 Å². The van der Waals surface area contributed by atoms with Gasteiger partial charge in [-0.25, -0.2) is 0 Å². The molecule has 1 saturated heterocycles. The molecule has 0 aromatic rings. The molecular formula is C8H17NO3. The first kappa shape index (κ1) is 9.92. The molecule has 2 atom stereocenters. The Kier molecular flexibility index (Phi) is 3.06. The average molecular weight is 175 g/mol. The van der Waals surface area contributed by atoms with E-state index in [1.165, 1.54) is 0 Å². The molecule has 0 bridgehead atoms. The first-order valence-electron chi connectivity index (χ1n) is 4.25. The molecule has 1 aliphatic heterocycles. The maximum atomic E-state index is 9.50. The molecule has 12 heavy (non-hydrogen) atoms.